The Labute approximate surface area is 271 Å². The summed E-state index contributed by atoms with van der Waals surface area (Å²) in [6.07, 6.45) is -1.30. The maximum atomic E-state index is 14.4. The number of halogens is 3. The standard InChI is InChI=1S/C37H39F3N3O2P/c1-3-4-22-43-33(34(29-13-7-5-8-14-29)41-35(43)30-15-9-6-10-16-30)26-42(24-27-18-20-31(44-2)21-19-27)25-28-12-11-17-32(23-28)45-37(40,46)36(38)39/h5-21,23,36H,3-4,22,24-26,46H2,1-2H3. The molecular formula is C37H39F3N3O2P. The highest BCUT2D eigenvalue weighted by Gasteiger charge is 2.37. The second-order valence-corrected chi connectivity index (χ2v) is 12.0. The van der Waals surface area contributed by atoms with Crippen LogP contribution in [0.5, 0.6) is 11.5 Å². The molecule has 5 aromatic rings. The van der Waals surface area contributed by atoms with E-state index in [4.69, 9.17) is 14.5 Å². The van der Waals surface area contributed by atoms with Crippen LogP contribution in [0.3, 0.4) is 0 Å². The monoisotopic (exact) mass is 645 g/mol. The molecule has 0 spiro atoms. The number of methoxy groups -OCH3 is 1. The van der Waals surface area contributed by atoms with E-state index in [2.05, 4.69) is 40.7 Å². The molecule has 0 radical (unpaired) electrons. The molecule has 0 N–H and O–H groups in total. The van der Waals surface area contributed by atoms with Gasteiger partial charge in [-0.05, 0) is 51.1 Å². The van der Waals surface area contributed by atoms with Gasteiger partial charge in [-0.2, -0.15) is 4.39 Å². The minimum atomic E-state index is -3.31. The summed E-state index contributed by atoms with van der Waals surface area (Å²) in [5.41, 5.74) is 2.75. The first-order chi connectivity index (χ1) is 22.3. The van der Waals surface area contributed by atoms with Gasteiger partial charge in [0.25, 0.3) is 0 Å². The van der Waals surface area contributed by atoms with Crippen LogP contribution in [0, 0.1) is 0 Å². The summed E-state index contributed by atoms with van der Waals surface area (Å²) in [6, 6.07) is 35.0. The molecule has 5 rings (SSSR count). The lowest BCUT2D eigenvalue weighted by molar-refractivity contribution is -0.0970. The number of nitrogens with zero attached hydrogens (tertiary/aromatic N) is 3. The summed E-state index contributed by atoms with van der Waals surface area (Å²) in [5.74, 6) is 1.71. The van der Waals surface area contributed by atoms with Crippen molar-refractivity contribution in [3.63, 3.8) is 0 Å². The van der Waals surface area contributed by atoms with Crippen molar-refractivity contribution in [1.29, 1.82) is 0 Å². The highest BCUT2D eigenvalue weighted by molar-refractivity contribution is 7.18. The van der Waals surface area contributed by atoms with Crippen molar-refractivity contribution in [2.75, 3.05) is 7.11 Å². The van der Waals surface area contributed by atoms with Crippen molar-refractivity contribution in [1.82, 2.24) is 14.5 Å². The van der Waals surface area contributed by atoms with Gasteiger partial charge in [-0.25, -0.2) is 13.8 Å². The fourth-order valence-electron chi connectivity index (χ4n) is 5.40. The Morgan fingerprint density at radius 1 is 0.804 bits per heavy atom. The molecule has 0 saturated heterocycles. The van der Waals surface area contributed by atoms with Crippen LogP contribution in [0.25, 0.3) is 22.6 Å². The fourth-order valence-corrected chi connectivity index (χ4v) is 5.53. The highest BCUT2D eigenvalue weighted by Crippen LogP contribution is 2.34. The van der Waals surface area contributed by atoms with Gasteiger partial charge in [0.1, 0.15) is 17.3 Å². The Bertz CT molecular complexity index is 1680. The summed E-state index contributed by atoms with van der Waals surface area (Å²) < 4.78 is 53.6. The second kappa shape index (κ2) is 15.4. The first-order valence-electron chi connectivity index (χ1n) is 15.4. The average molecular weight is 646 g/mol. The second-order valence-electron chi connectivity index (χ2n) is 11.2. The normalized spacial score (nSPS) is 12.8. The first-order valence-corrected chi connectivity index (χ1v) is 15.9. The lowest BCUT2D eigenvalue weighted by Gasteiger charge is -2.25. The number of hydrogen-bond acceptors (Lipinski definition) is 4. The van der Waals surface area contributed by atoms with E-state index in [1.807, 2.05) is 66.7 Å². The molecular weight excluding hydrogens is 606 g/mol. The van der Waals surface area contributed by atoms with Gasteiger partial charge in [-0.15, -0.1) is 0 Å². The molecule has 5 nitrogen and oxygen atoms in total. The van der Waals surface area contributed by atoms with Gasteiger partial charge in [-0.3, -0.25) is 4.90 Å². The smallest absolute Gasteiger partial charge is 0.319 e. The van der Waals surface area contributed by atoms with Gasteiger partial charge in [0.15, 0.2) is 0 Å². The van der Waals surface area contributed by atoms with Gasteiger partial charge < -0.3 is 14.0 Å². The van der Waals surface area contributed by atoms with Crippen LogP contribution in [-0.2, 0) is 26.2 Å². The topological polar surface area (TPSA) is 39.5 Å². The summed E-state index contributed by atoms with van der Waals surface area (Å²) in [6.45, 7) is 4.55. The summed E-state index contributed by atoms with van der Waals surface area (Å²) >= 11 is 0. The Morgan fingerprint density at radius 3 is 2.09 bits per heavy atom. The van der Waals surface area contributed by atoms with Crippen molar-refractivity contribution in [2.24, 2.45) is 0 Å². The van der Waals surface area contributed by atoms with Crippen LogP contribution < -0.4 is 9.47 Å². The van der Waals surface area contributed by atoms with Gasteiger partial charge in [0, 0.05) is 37.3 Å². The van der Waals surface area contributed by atoms with Gasteiger partial charge >= 0.3 is 12.0 Å². The molecule has 0 saturated carbocycles. The third kappa shape index (κ3) is 8.36. The van der Waals surface area contributed by atoms with Crippen LogP contribution in [-0.4, -0.2) is 33.6 Å². The fraction of sp³-hybridized carbons (Fsp3) is 0.270. The molecule has 0 aliphatic heterocycles. The Hall–Kier alpha value is -4.13. The number of aromatic nitrogens is 2. The number of imidazole rings is 1. The molecule has 9 heteroatoms. The minimum absolute atomic E-state index is 0.0315. The van der Waals surface area contributed by atoms with Crippen LogP contribution in [0.15, 0.2) is 109 Å². The predicted molar refractivity (Wildman–Crippen MR) is 181 cm³/mol. The maximum Gasteiger partial charge on any atom is 0.319 e. The lowest BCUT2D eigenvalue weighted by atomic mass is 10.1. The minimum Gasteiger partial charge on any atom is -0.497 e. The van der Waals surface area contributed by atoms with Crippen molar-refractivity contribution in [3.05, 3.63) is 126 Å². The number of rotatable bonds is 15. The molecule has 0 bridgehead atoms. The zero-order chi connectivity index (χ0) is 32.5. The van der Waals surface area contributed by atoms with E-state index >= 15 is 0 Å². The number of unbranched alkanes of at least 4 members (excludes halogenated alkanes) is 1. The molecule has 1 heterocycles. The lowest BCUT2D eigenvalue weighted by Crippen LogP contribution is -2.31. The zero-order valence-corrected chi connectivity index (χ0v) is 27.2. The molecule has 240 valence electrons. The molecule has 4 aromatic carbocycles. The zero-order valence-electron chi connectivity index (χ0n) is 26.1. The summed E-state index contributed by atoms with van der Waals surface area (Å²) in [7, 11) is 3.10. The molecule has 46 heavy (non-hydrogen) atoms. The Kier molecular flexibility index (Phi) is 11.2. The van der Waals surface area contributed by atoms with Crippen molar-refractivity contribution in [2.45, 2.75) is 58.0 Å². The van der Waals surface area contributed by atoms with Gasteiger partial charge in [0.2, 0.25) is 0 Å². The van der Waals surface area contributed by atoms with Crippen LogP contribution >= 0.6 is 9.24 Å². The third-order valence-electron chi connectivity index (χ3n) is 7.70. The largest absolute Gasteiger partial charge is 0.497 e. The van der Waals surface area contributed by atoms with E-state index in [0.717, 1.165) is 64.6 Å². The van der Waals surface area contributed by atoms with E-state index in [1.54, 1.807) is 19.2 Å². The van der Waals surface area contributed by atoms with Crippen LogP contribution in [0.1, 0.15) is 36.6 Å². The summed E-state index contributed by atoms with van der Waals surface area (Å²) in [5, 5.41) is 0. The molecule has 0 aliphatic carbocycles. The van der Waals surface area contributed by atoms with E-state index < -0.39 is 12.0 Å². The number of ether oxygens (including phenoxy) is 2. The van der Waals surface area contributed by atoms with Gasteiger partial charge in [-0.1, -0.05) is 98.3 Å². The molecule has 0 amide bonds. The highest BCUT2D eigenvalue weighted by atomic mass is 31.0. The molecule has 1 aromatic heterocycles. The van der Waals surface area contributed by atoms with Crippen molar-refractivity contribution >= 4 is 9.24 Å². The SMILES string of the molecule is CCCCn1c(-c2ccccc2)nc(-c2ccccc2)c1CN(Cc1ccc(OC)cc1)Cc1cccc(OC(F)(P)C(F)F)c1. The van der Waals surface area contributed by atoms with Crippen LogP contribution in [0.4, 0.5) is 13.2 Å². The Morgan fingerprint density at radius 2 is 1.46 bits per heavy atom. The number of alkyl halides is 3. The van der Waals surface area contributed by atoms with E-state index in [-0.39, 0.29) is 5.75 Å². The molecule has 0 aliphatic rings. The van der Waals surface area contributed by atoms with Gasteiger partial charge in [0.05, 0.1) is 18.5 Å². The molecule has 2 atom stereocenters. The quantitative estimate of drug-likeness (QED) is 0.106. The van der Waals surface area contributed by atoms with E-state index in [9.17, 15) is 13.2 Å². The van der Waals surface area contributed by atoms with Crippen molar-refractivity contribution < 1.29 is 22.6 Å². The average Bonchev–Trinajstić information content (AvgIpc) is 3.42. The Balaban J connectivity index is 1.57. The third-order valence-corrected chi connectivity index (χ3v) is 8.07. The number of benzene rings is 4. The molecule has 2 unspecified atom stereocenters. The summed E-state index contributed by atoms with van der Waals surface area (Å²) in [4.78, 5) is 7.52. The molecule has 0 fully saturated rings. The van der Waals surface area contributed by atoms with Crippen molar-refractivity contribution in [3.8, 4) is 34.1 Å². The van der Waals surface area contributed by atoms with E-state index in [0.29, 0.717) is 19.6 Å². The maximum absolute atomic E-state index is 14.4. The number of hydrogen-bond donors (Lipinski definition) is 0. The first kappa shape index (κ1) is 33.2. The predicted octanol–water partition coefficient (Wildman–Crippen LogP) is 9.37. The van der Waals surface area contributed by atoms with Crippen LogP contribution in [0.2, 0.25) is 0 Å². The van der Waals surface area contributed by atoms with E-state index in [1.165, 1.54) is 15.3 Å².